The fraction of sp³-hybridized carbons (Fsp3) is 0.455. The van der Waals surface area contributed by atoms with E-state index in [-0.39, 0.29) is 24.0 Å². The smallest absolute Gasteiger partial charge is 0.191 e. The van der Waals surface area contributed by atoms with Gasteiger partial charge in [-0.25, -0.2) is 4.99 Å². The average Bonchev–Trinajstić information content (AvgIpc) is 3.32. The van der Waals surface area contributed by atoms with Crippen molar-refractivity contribution in [3.63, 3.8) is 0 Å². The molecule has 0 aliphatic carbocycles. The predicted octanol–water partition coefficient (Wildman–Crippen LogP) is 4.52. The SMILES string of the molecule is CCNC(=NCc1c(CC)noc1CC)NCCCn1ccc2ccccc21.I. The minimum Gasteiger partial charge on any atom is -0.361 e. The summed E-state index contributed by atoms with van der Waals surface area (Å²) in [5.41, 5.74) is 3.42. The number of aliphatic imine (C=N–C) groups is 1. The second-order valence-corrected chi connectivity index (χ2v) is 6.78. The van der Waals surface area contributed by atoms with Gasteiger partial charge >= 0.3 is 0 Å². The molecule has 0 unspecified atom stereocenters. The van der Waals surface area contributed by atoms with Gasteiger partial charge in [0.1, 0.15) is 5.76 Å². The van der Waals surface area contributed by atoms with Gasteiger partial charge in [-0.05, 0) is 37.3 Å². The number of nitrogens with zero attached hydrogens (tertiary/aromatic N) is 3. The van der Waals surface area contributed by atoms with Crippen molar-refractivity contribution in [2.24, 2.45) is 4.99 Å². The largest absolute Gasteiger partial charge is 0.361 e. The van der Waals surface area contributed by atoms with E-state index in [4.69, 9.17) is 9.52 Å². The molecule has 3 rings (SSSR count). The number of fused-ring (bicyclic) bond motifs is 1. The lowest BCUT2D eigenvalue weighted by molar-refractivity contribution is 0.380. The Hall–Kier alpha value is -2.03. The molecule has 7 heteroatoms. The molecule has 1 aromatic carbocycles. The Morgan fingerprint density at radius 1 is 1.10 bits per heavy atom. The quantitative estimate of drug-likeness (QED) is 0.193. The number of halogens is 1. The van der Waals surface area contributed by atoms with Gasteiger partial charge in [-0.15, -0.1) is 24.0 Å². The van der Waals surface area contributed by atoms with Crippen molar-refractivity contribution in [1.29, 1.82) is 0 Å². The van der Waals surface area contributed by atoms with E-state index in [0.717, 1.165) is 61.9 Å². The molecule has 0 radical (unpaired) electrons. The lowest BCUT2D eigenvalue weighted by Gasteiger charge is -2.12. The molecule has 0 amide bonds. The van der Waals surface area contributed by atoms with Crippen molar-refractivity contribution in [3.8, 4) is 0 Å². The Labute approximate surface area is 190 Å². The standard InChI is InChI=1S/C22H31N5O.HI/c1-4-19-18(21(5-2)28-26-19)16-25-22(23-6-3)24-13-9-14-27-15-12-17-10-7-8-11-20(17)27;/h7-8,10-12,15H,4-6,9,13-14,16H2,1-3H3,(H2,23,24,25);1H. The van der Waals surface area contributed by atoms with E-state index in [2.05, 4.69) is 77.7 Å². The lowest BCUT2D eigenvalue weighted by Crippen LogP contribution is -2.38. The van der Waals surface area contributed by atoms with E-state index in [9.17, 15) is 0 Å². The van der Waals surface area contributed by atoms with E-state index in [0.29, 0.717) is 6.54 Å². The highest BCUT2D eigenvalue weighted by molar-refractivity contribution is 14.0. The molecule has 0 spiro atoms. The molecule has 0 saturated carbocycles. The van der Waals surface area contributed by atoms with Crippen molar-refractivity contribution >= 4 is 40.8 Å². The summed E-state index contributed by atoms with van der Waals surface area (Å²) in [6.07, 6.45) is 4.89. The van der Waals surface area contributed by atoms with Crippen LogP contribution in [0.25, 0.3) is 10.9 Å². The number of aromatic nitrogens is 2. The molecule has 0 saturated heterocycles. The molecule has 0 aliphatic rings. The zero-order valence-corrected chi connectivity index (χ0v) is 19.9. The topological polar surface area (TPSA) is 67.4 Å². The van der Waals surface area contributed by atoms with Crippen molar-refractivity contribution in [3.05, 3.63) is 53.5 Å². The fourth-order valence-electron chi connectivity index (χ4n) is 3.41. The molecule has 2 heterocycles. The monoisotopic (exact) mass is 509 g/mol. The maximum absolute atomic E-state index is 5.44. The van der Waals surface area contributed by atoms with E-state index in [1.165, 1.54) is 10.9 Å². The first-order valence-corrected chi connectivity index (χ1v) is 10.3. The van der Waals surface area contributed by atoms with Crippen LogP contribution in [0.3, 0.4) is 0 Å². The zero-order chi connectivity index (χ0) is 19.8. The summed E-state index contributed by atoms with van der Waals surface area (Å²) < 4.78 is 7.75. The van der Waals surface area contributed by atoms with Crippen LogP contribution in [0.4, 0.5) is 0 Å². The molecular formula is C22H32IN5O. The third-order valence-electron chi connectivity index (χ3n) is 4.89. The van der Waals surface area contributed by atoms with Crippen LogP contribution in [0.1, 0.15) is 44.2 Å². The third-order valence-corrected chi connectivity index (χ3v) is 4.89. The number of rotatable bonds is 9. The van der Waals surface area contributed by atoms with Crippen molar-refractivity contribution in [2.75, 3.05) is 13.1 Å². The average molecular weight is 509 g/mol. The van der Waals surface area contributed by atoms with Gasteiger partial charge in [-0.3, -0.25) is 0 Å². The zero-order valence-electron chi connectivity index (χ0n) is 17.6. The summed E-state index contributed by atoms with van der Waals surface area (Å²) >= 11 is 0. The molecule has 2 aromatic heterocycles. The Morgan fingerprint density at radius 3 is 2.69 bits per heavy atom. The van der Waals surface area contributed by atoms with Gasteiger partial charge in [-0.1, -0.05) is 37.2 Å². The number of hydrogen-bond acceptors (Lipinski definition) is 3. The van der Waals surface area contributed by atoms with Crippen molar-refractivity contribution in [1.82, 2.24) is 20.4 Å². The number of hydrogen-bond donors (Lipinski definition) is 2. The van der Waals surface area contributed by atoms with Crippen LogP contribution < -0.4 is 10.6 Å². The van der Waals surface area contributed by atoms with Gasteiger partial charge in [0.2, 0.25) is 0 Å². The maximum atomic E-state index is 5.44. The van der Waals surface area contributed by atoms with E-state index >= 15 is 0 Å². The van der Waals surface area contributed by atoms with Gasteiger partial charge in [0, 0.05) is 43.3 Å². The Morgan fingerprint density at radius 2 is 1.93 bits per heavy atom. The van der Waals surface area contributed by atoms with Gasteiger partial charge in [0.05, 0.1) is 12.2 Å². The maximum Gasteiger partial charge on any atom is 0.191 e. The molecule has 3 aromatic rings. The molecular weight excluding hydrogens is 477 g/mol. The number of guanidine groups is 1. The van der Waals surface area contributed by atoms with Gasteiger partial charge < -0.3 is 19.7 Å². The first kappa shape index (κ1) is 23.3. The molecule has 0 atom stereocenters. The van der Waals surface area contributed by atoms with Crippen LogP contribution in [0, 0.1) is 0 Å². The lowest BCUT2D eigenvalue weighted by atomic mass is 10.1. The number of para-hydroxylation sites is 1. The van der Waals surface area contributed by atoms with Crippen LogP contribution in [-0.2, 0) is 25.9 Å². The highest BCUT2D eigenvalue weighted by Crippen LogP contribution is 2.17. The second kappa shape index (κ2) is 11.8. The minimum absolute atomic E-state index is 0. The highest BCUT2D eigenvalue weighted by atomic mass is 127. The Kier molecular flexibility index (Phi) is 9.50. The van der Waals surface area contributed by atoms with Gasteiger partial charge in [0.15, 0.2) is 5.96 Å². The summed E-state index contributed by atoms with van der Waals surface area (Å²) in [5.74, 6) is 1.78. The first-order valence-electron chi connectivity index (χ1n) is 10.3. The highest BCUT2D eigenvalue weighted by Gasteiger charge is 2.13. The van der Waals surface area contributed by atoms with Crippen molar-refractivity contribution in [2.45, 2.75) is 53.1 Å². The summed E-state index contributed by atoms with van der Waals surface area (Å²) in [7, 11) is 0. The molecule has 0 bridgehead atoms. The van der Waals surface area contributed by atoms with Crippen molar-refractivity contribution < 1.29 is 4.52 Å². The van der Waals surface area contributed by atoms with Crippen LogP contribution in [0.15, 0.2) is 46.0 Å². The normalized spacial score (nSPS) is 11.5. The van der Waals surface area contributed by atoms with Crippen LogP contribution in [-0.4, -0.2) is 28.8 Å². The Balaban J connectivity index is 0.00000300. The van der Waals surface area contributed by atoms with E-state index in [1.807, 2.05) is 0 Å². The third kappa shape index (κ3) is 5.98. The molecule has 158 valence electrons. The molecule has 2 N–H and O–H groups in total. The van der Waals surface area contributed by atoms with Crippen LogP contribution in [0.2, 0.25) is 0 Å². The number of benzene rings is 1. The minimum atomic E-state index is 0. The van der Waals surface area contributed by atoms with E-state index in [1.54, 1.807) is 0 Å². The number of aryl methyl sites for hydroxylation is 3. The summed E-state index contributed by atoms with van der Waals surface area (Å²) in [6, 6.07) is 10.7. The number of nitrogens with one attached hydrogen (secondary N) is 2. The van der Waals surface area contributed by atoms with E-state index < -0.39 is 0 Å². The fourth-order valence-corrected chi connectivity index (χ4v) is 3.41. The predicted molar refractivity (Wildman–Crippen MR) is 130 cm³/mol. The molecule has 0 aliphatic heterocycles. The first-order chi connectivity index (χ1) is 13.8. The Bertz CT molecular complexity index is 893. The van der Waals surface area contributed by atoms with Crippen LogP contribution >= 0.6 is 24.0 Å². The molecule has 29 heavy (non-hydrogen) atoms. The molecule has 0 fully saturated rings. The summed E-state index contributed by atoms with van der Waals surface area (Å²) in [6.45, 7) is 9.53. The van der Waals surface area contributed by atoms with Gasteiger partial charge in [-0.2, -0.15) is 0 Å². The second-order valence-electron chi connectivity index (χ2n) is 6.78. The summed E-state index contributed by atoms with van der Waals surface area (Å²) in [5, 5.41) is 12.2. The summed E-state index contributed by atoms with van der Waals surface area (Å²) in [4.78, 5) is 4.75. The molecule has 6 nitrogen and oxygen atoms in total. The van der Waals surface area contributed by atoms with Crippen LogP contribution in [0.5, 0.6) is 0 Å². The van der Waals surface area contributed by atoms with Gasteiger partial charge in [0.25, 0.3) is 0 Å².